The number of anilines is 2. The van der Waals surface area contributed by atoms with Gasteiger partial charge < -0.3 is 15.8 Å². The second-order valence-electron chi connectivity index (χ2n) is 4.60. The number of nitrogens with one attached hydrogen (secondary N) is 1. The fourth-order valence-electron chi connectivity index (χ4n) is 1.84. The lowest BCUT2D eigenvalue weighted by Crippen LogP contribution is -2.11. The van der Waals surface area contributed by atoms with Crippen molar-refractivity contribution in [3.63, 3.8) is 0 Å². The maximum atomic E-state index is 10.9. The third-order valence-electron chi connectivity index (χ3n) is 2.99. The Hall–Kier alpha value is -2.76. The molecule has 0 saturated heterocycles. The number of nitrogen functional groups attached to an aromatic ring is 1. The summed E-state index contributed by atoms with van der Waals surface area (Å²) in [5.74, 6) is 0.737. The van der Waals surface area contributed by atoms with E-state index in [-0.39, 0.29) is 10.6 Å². The van der Waals surface area contributed by atoms with Crippen LogP contribution in [0.4, 0.5) is 17.1 Å². The molecule has 0 aliphatic heterocycles. The van der Waals surface area contributed by atoms with Gasteiger partial charge in [-0.15, -0.1) is 0 Å². The molecule has 2 aromatic rings. The predicted octanol–water partition coefficient (Wildman–Crippen LogP) is 2.98. The van der Waals surface area contributed by atoms with Gasteiger partial charge in [-0.3, -0.25) is 10.1 Å². The predicted molar refractivity (Wildman–Crippen MR) is 82.7 cm³/mol. The largest absolute Gasteiger partial charge is 0.492 e. The Bertz CT molecular complexity index is 627. The molecular formula is C15H17N3O3. The van der Waals surface area contributed by atoms with Gasteiger partial charge in [0, 0.05) is 29.5 Å². The monoisotopic (exact) mass is 287 g/mol. The van der Waals surface area contributed by atoms with E-state index in [2.05, 4.69) is 5.32 Å². The zero-order valence-electron chi connectivity index (χ0n) is 11.7. The summed E-state index contributed by atoms with van der Waals surface area (Å²) in [5.41, 5.74) is 7.73. The molecular weight excluding hydrogens is 270 g/mol. The summed E-state index contributed by atoms with van der Waals surface area (Å²) in [6, 6.07) is 12.2. The number of ether oxygens (including phenoxy) is 1. The fourth-order valence-corrected chi connectivity index (χ4v) is 1.84. The molecule has 0 heterocycles. The summed E-state index contributed by atoms with van der Waals surface area (Å²) in [4.78, 5) is 10.5. The third kappa shape index (κ3) is 4.10. The Morgan fingerprint density at radius 3 is 2.62 bits per heavy atom. The summed E-state index contributed by atoms with van der Waals surface area (Å²) in [5, 5.41) is 14.0. The molecule has 0 unspecified atom stereocenters. The molecule has 0 saturated carbocycles. The van der Waals surface area contributed by atoms with Gasteiger partial charge in [-0.25, -0.2) is 0 Å². The van der Waals surface area contributed by atoms with E-state index in [4.69, 9.17) is 10.5 Å². The molecule has 0 aliphatic carbocycles. The van der Waals surface area contributed by atoms with Crippen molar-refractivity contribution in [2.24, 2.45) is 0 Å². The average Bonchev–Trinajstić information content (AvgIpc) is 2.46. The number of rotatable bonds is 6. The minimum Gasteiger partial charge on any atom is -0.492 e. The molecule has 3 N–H and O–H groups in total. The fraction of sp³-hybridized carbons (Fsp3) is 0.200. The van der Waals surface area contributed by atoms with Gasteiger partial charge in [0.25, 0.3) is 5.69 Å². The highest BCUT2D eigenvalue weighted by Crippen LogP contribution is 2.22. The molecule has 0 radical (unpaired) electrons. The average molecular weight is 287 g/mol. The van der Waals surface area contributed by atoms with Crippen LogP contribution in [0, 0.1) is 17.0 Å². The lowest BCUT2D eigenvalue weighted by Gasteiger charge is -2.09. The van der Waals surface area contributed by atoms with E-state index < -0.39 is 0 Å². The van der Waals surface area contributed by atoms with Gasteiger partial charge in [-0.1, -0.05) is 6.07 Å². The highest BCUT2D eigenvalue weighted by Gasteiger charge is 2.10. The van der Waals surface area contributed by atoms with E-state index in [1.165, 1.54) is 6.07 Å². The summed E-state index contributed by atoms with van der Waals surface area (Å²) in [6.07, 6.45) is 0. The number of hydrogen-bond donors (Lipinski definition) is 2. The van der Waals surface area contributed by atoms with Crippen LogP contribution in [0.2, 0.25) is 0 Å². The van der Waals surface area contributed by atoms with Crippen LogP contribution in [0.15, 0.2) is 42.5 Å². The highest BCUT2D eigenvalue weighted by atomic mass is 16.6. The van der Waals surface area contributed by atoms with Gasteiger partial charge in [0.1, 0.15) is 12.4 Å². The number of aryl methyl sites for hydroxylation is 1. The van der Waals surface area contributed by atoms with Crippen molar-refractivity contribution in [2.45, 2.75) is 6.92 Å². The minimum absolute atomic E-state index is 0.111. The van der Waals surface area contributed by atoms with E-state index in [9.17, 15) is 10.1 Å². The van der Waals surface area contributed by atoms with Crippen molar-refractivity contribution < 1.29 is 9.66 Å². The molecule has 0 fully saturated rings. The topological polar surface area (TPSA) is 90.4 Å². The van der Waals surface area contributed by atoms with Crippen LogP contribution in [0.5, 0.6) is 5.75 Å². The van der Waals surface area contributed by atoms with E-state index >= 15 is 0 Å². The Kier molecular flexibility index (Phi) is 4.61. The lowest BCUT2D eigenvalue weighted by molar-refractivity contribution is -0.385. The number of nitrogens with zero attached hydrogens (tertiary/aromatic N) is 1. The van der Waals surface area contributed by atoms with Crippen LogP contribution < -0.4 is 15.8 Å². The van der Waals surface area contributed by atoms with E-state index in [1.54, 1.807) is 37.3 Å². The maximum absolute atomic E-state index is 10.9. The molecule has 0 bridgehead atoms. The van der Waals surface area contributed by atoms with Gasteiger partial charge in [-0.05, 0) is 37.3 Å². The Morgan fingerprint density at radius 1 is 1.24 bits per heavy atom. The molecule has 2 aromatic carbocycles. The Balaban J connectivity index is 1.85. The molecule has 6 heteroatoms. The standard InChI is InChI=1S/C15H17N3O3/c1-11-2-5-13(10-15(11)18(19)20)17-8-9-21-14-6-3-12(16)4-7-14/h2-7,10,17H,8-9,16H2,1H3. The second-order valence-corrected chi connectivity index (χ2v) is 4.60. The molecule has 0 aromatic heterocycles. The minimum atomic E-state index is -0.384. The van der Waals surface area contributed by atoms with Crippen molar-refractivity contribution in [1.82, 2.24) is 0 Å². The Morgan fingerprint density at radius 2 is 1.95 bits per heavy atom. The van der Waals surface area contributed by atoms with E-state index in [0.29, 0.717) is 30.1 Å². The molecule has 2 rings (SSSR count). The highest BCUT2D eigenvalue weighted by molar-refractivity contribution is 5.54. The van der Waals surface area contributed by atoms with Crippen molar-refractivity contribution in [1.29, 1.82) is 0 Å². The summed E-state index contributed by atoms with van der Waals surface area (Å²) in [7, 11) is 0. The second kappa shape index (κ2) is 6.60. The number of nitro benzene ring substituents is 1. The molecule has 21 heavy (non-hydrogen) atoms. The summed E-state index contributed by atoms with van der Waals surface area (Å²) in [6.45, 7) is 2.71. The lowest BCUT2D eigenvalue weighted by atomic mass is 10.2. The first kappa shape index (κ1) is 14.6. The Labute approximate surface area is 122 Å². The van der Waals surface area contributed by atoms with Crippen molar-refractivity contribution in [3.8, 4) is 5.75 Å². The summed E-state index contributed by atoms with van der Waals surface area (Å²) >= 11 is 0. The first-order chi connectivity index (χ1) is 10.1. The van der Waals surface area contributed by atoms with E-state index in [1.807, 2.05) is 6.07 Å². The molecule has 6 nitrogen and oxygen atoms in total. The smallest absolute Gasteiger partial charge is 0.274 e. The van der Waals surface area contributed by atoms with Gasteiger partial charge in [0.05, 0.1) is 4.92 Å². The molecule has 110 valence electrons. The zero-order valence-corrected chi connectivity index (χ0v) is 11.7. The molecule has 0 spiro atoms. The van der Waals surface area contributed by atoms with Crippen LogP contribution in [0.3, 0.4) is 0 Å². The van der Waals surface area contributed by atoms with Crippen LogP contribution in [0.25, 0.3) is 0 Å². The molecule has 0 aliphatic rings. The van der Waals surface area contributed by atoms with Crippen LogP contribution in [-0.4, -0.2) is 18.1 Å². The quantitative estimate of drug-likeness (QED) is 0.369. The van der Waals surface area contributed by atoms with Gasteiger partial charge in [0.15, 0.2) is 0 Å². The maximum Gasteiger partial charge on any atom is 0.274 e. The van der Waals surface area contributed by atoms with Crippen molar-refractivity contribution in [2.75, 3.05) is 24.2 Å². The summed E-state index contributed by atoms with van der Waals surface area (Å²) < 4.78 is 5.53. The number of hydrogen-bond acceptors (Lipinski definition) is 5. The number of benzene rings is 2. The van der Waals surface area contributed by atoms with Crippen LogP contribution in [-0.2, 0) is 0 Å². The number of nitro groups is 1. The molecule has 0 amide bonds. The zero-order chi connectivity index (χ0) is 15.2. The SMILES string of the molecule is Cc1ccc(NCCOc2ccc(N)cc2)cc1[N+](=O)[O-]. The van der Waals surface area contributed by atoms with Crippen molar-refractivity contribution >= 4 is 17.1 Å². The first-order valence-corrected chi connectivity index (χ1v) is 6.53. The van der Waals surface area contributed by atoms with Gasteiger partial charge in [-0.2, -0.15) is 0 Å². The number of nitrogens with two attached hydrogens (primary N) is 1. The van der Waals surface area contributed by atoms with Crippen LogP contribution in [0.1, 0.15) is 5.56 Å². The van der Waals surface area contributed by atoms with Crippen molar-refractivity contribution in [3.05, 3.63) is 58.1 Å². The first-order valence-electron chi connectivity index (χ1n) is 6.53. The van der Waals surface area contributed by atoms with Crippen LogP contribution >= 0.6 is 0 Å². The van der Waals surface area contributed by atoms with E-state index in [0.717, 1.165) is 5.75 Å². The van der Waals surface area contributed by atoms with Gasteiger partial charge >= 0.3 is 0 Å². The van der Waals surface area contributed by atoms with Gasteiger partial charge in [0.2, 0.25) is 0 Å². The normalized spacial score (nSPS) is 10.1. The molecule has 0 atom stereocenters. The third-order valence-corrected chi connectivity index (χ3v) is 2.99.